The number of hydrogen-bond donors (Lipinski definition) is 2. The lowest BCUT2D eigenvalue weighted by molar-refractivity contribution is -0.122. The first-order valence-electron chi connectivity index (χ1n) is 7.52. The summed E-state index contributed by atoms with van der Waals surface area (Å²) in [4.78, 5) is 27.3. The Morgan fingerprint density at radius 2 is 1.72 bits per heavy atom. The van der Waals surface area contributed by atoms with E-state index in [1.165, 1.54) is 6.21 Å². The fourth-order valence-electron chi connectivity index (χ4n) is 2.01. The van der Waals surface area contributed by atoms with E-state index in [0.717, 1.165) is 8.95 Å². The third kappa shape index (κ3) is 6.80. The molecule has 2 aromatic carbocycles. The van der Waals surface area contributed by atoms with Crippen molar-refractivity contribution in [3.05, 3.63) is 57.0 Å². The number of phenolic OH excluding ortho intramolecular Hbond substituents is 1. The third-order valence-electron chi connectivity index (χ3n) is 3.28. The fourth-order valence-corrected chi connectivity index (χ4v) is 2.68. The second kappa shape index (κ2) is 9.48. The molecule has 2 N–H and O–H groups in total. The molecule has 0 aliphatic rings. The highest BCUT2D eigenvalue weighted by Crippen LogP contribution is 2.21. The second-order valence-corrected chi connectivity index (χ2v) is 7.07. The molecule has 130 valence electrons. The van der Waals surface area contributed by atoms with Crippen LogP contribution in [0, 0.1) is 0 Å². The van der Waals surface area contributed by atoms with E-state index in [2.05, 4.69) is 42.2 Å². The van der Waals surface area contributed by atoms with Gasteiger partial charge in [-0.3, -0.25) is 9.59 Å². The number of nitrogens with one attached hydrogen (secondary N) is 1. The van der Waals surface area contributed by atoms with Gasteiger partial charge in [-0.2, -0.15) is 0 Å². The summed E-state index contributed by atoms with van der Waals surface area (Å²) in [7, 11) is 0. The Hall–Kier alpha value is -1.99. The molecule has 0 aliphatic heterocycles. The van der Waals surface area contributed by atoms with Gasteiger partial charge < -0.3 is 10.4 Å². The third-order valence-corrected chi connectivity index (χ3v) is 4.30. The van der Waals surface area contributed by atoms with Crippen molar-refractivity contribution in [2.75, 3.05) is 5.32 Å². The van der Waals surface area contributed by atoms with Crippen LogP contribution in [0.2, 0.25) is 0 Å². The lowest BCUT2D eigenvalue weighted by Crippen LogP contribution is -2.12. The molecular formula is C18H16Br2N2O3. The number of halogens is 2. The van der Waals surface area contributed by atoms with Crippen molar-refractivity contribution >= 4 is 55.6 Å². The quantitative estimate of drug-likeness (QED) is 0.615. The molecule has 0 aromatic heterocycles. The van der Waals surface area contributed by atoms with E-state index in [4.69, 9.17) is 0 Å². The molecule has 0 saturated carbocycles. The number of rotatable bonds is 6. The number of hydrogen-bond acceptors (Lipinski definition) is 3. The molecule has 2 aromatic rings. The van der Waals surface area contributed by atoms with Gasteiger partial charge in [0.1, 0.15) is 5.75 Å². The highest BCUT2D eigenvalue weighted by molar-refractivity contribution is 9.10. The van der Waals surface area contributed by atoms with Gasteiger partial charge in [0.25, 0.3) is 0 Å². The Morgan fingerprint density at radius 3 is 2.44 bits per heavy atom. The molecular weight excluding hydrogens is 452 g/mol. The van der Waals surface area contributed by atoms with Crippen LogP contribution in [0.4, 0.5) is 5.69 Å². The Labute approximate surface area is 162 Å². The minimum absolute atomic E-state index is 0.0311. The summed E-state index contributed by atoms with van der Waals surface area (Å²) in [5.41, 5.74) is 1.34. The first-order valence-corrected chi connectivity index (χ1v) is 9.11. The van der Waals surface area contributed by atoms with Crippen molar-refractivity contribution in [2.24, 2.45) is 4.99 Å². The van der Waals surface area contributed by atoms with Gasteiger partial charge in [0.05, 0.1) is 0 Å². The number of aliphatic imine (C=N–C) groups is 1. The summed E-state index contributed by atoms with van der Waals surface area (Å²) >= 11 is 6.64. The van der Waals surface area contributed by atoms with Crippen LogP contribution in [-0.4, -0.2) is 23.1 Å². The number of anilines is 1. The number of aromatic hydroxyl groups is 1. The molecule has 2 rings (SSSR count). The van der Waals surface area contributed by atoms with Gasteiger partial charge in [0.2, 0.25) is 11.8 Å². The number of benzene rings is 2. The van der Waals surface area contributed by atoms with Crippen LogP contribution in [0.5, 0.6) is 5.75 Å². The summed E-state index contributed by atoms with van der Waals surface area (Å²) in [6.07, 6.45) is 1.87. The van der Waals surface area contributed by atoms with Gasteiger partial charge in [0.15, 0.2) is 0 Å². The predicted octanol–water partition coefficient (Wildman–Crippen LogP) is 4.48. The largest absolute Gasteiger partial charge is 0.508 e. The van der Waals surface area contributed by atoms with Gasteiger partial charge in [-0.05, 0) is 42.5 Å². The molecule has 5 nitrogen and oxygen atoms in total. The minimum atomic E-state index is -0.375. The molecule has 0 spiro atoms. The van der Waals surface area contributed by atoms with E-state index in [1.54, 1.807) is 30.3 Å². The van der Waals surface area contributed by atoms with Crippen molar-refractivity contribution in [2.45, 2.75) is 19.3 Å². The van der Waals surface area contributed by atoms with E-state index in [1.807, 2.05) is 12.1 Å². The van der Waals surface area contributed by atoms with Crippen molar-refractivity contribution in [1.82, 2.24) is 0 Å². The molecule has 0 fully saturated rings. The van der Waals surface area contributed by atoms with Gasteiger partial charge in [-0.15, -0.1) is 0 Å². The zero-order valence-corrected chi connectivity index (χ0v) is 16.4. The number of carbonyl (C=O) groups excluding carboxylic acids is 2. The van der Waals surface area contributed by atoms with Crippen molar-refractivity contribution in [3.63, 3.8) is 0 Å². The second-order valence-electron chi connectivity index (χ2n) is 5.24. The van der Waals surface area contributed by atoms with Crippen LogP contribution in [0.3, 0.4) is 0 Å². The summed E-state index contributed by atoms with van der Waals surface area (Å²) in [6.45, 7) is 0. The Kier molecular flexibility index (Phi) is 7.33. The monoisotopic (exact) mass is 466 g/mol. The lowest BCUT2D eigenvalue weighted by Gasteiger charge is -2.04. The highest BCUT2D eigenvalue weighted by atomic mass is 79.9. The van der Waals surface area contributed by atoms with E-state index >= 15 is 0 Å². The SMILES string of the molecule is O=C(CCC(=O)Nc1ccc(Br)cc1)N=CCc1cc(Br)ccc1O. The molecule has 7 heteroatoms. The first-order chi connectivity index (χ1) is 11.9. The normalized spacial score (nSPS) is 10.8. The average molecular weight is 468 g/mol. The number of nitrogens with zero attached hydrogens (tertiary/aromatic N) is 1. The maximum atomic E-state index is 11.8. The summed E-state index contributed by atoms with van der Waals surface area (Å²) in [6, 6.07) is 12.2. The zero-order chi connectivity index (χ0) is 18.2. The van der Waals surface area contributed by atoms with Crippen LogP contribution in [-0.2, 0) is 16.0 Å². The molecule has 0 unspecified atom stereocenters. The molecule has 2 amide bonds. The first kappa shape index (κ1) is 19.3. The van der Waals surface area contributed by atoms with Crippen LogP contribution in [0.25, 0.3) is 0 Å². The predicted molar refractivity (Wildman–Crippen MR) is 105 cm³/mol. The van der Waals surface area contributed by atoms with Crippen LogP contribution in [0.1, 0.15) is 18.4 Å². The van der Waals surface area contributed by atoms with E-state index in [9.17, 15) is 14.7 Å². The lowest BCUT2D eigenvalue weighted by atomic mass is 10.1. The molecule has 0 radical (unpaired) electrons. The smallest absolute Gasteiger partial charge is 0.245 e. The van der Waals surface area contributed by atoms with Gasteiger partial charge in [-0.25, -0.2) is 4.99 Å². The summed E-state index contributed by atoms with van der Waals surface area (Å²) < 4.78 is 1.76. The van der Waals surface area contributed by atoms with E-state index in [-0.39, 0.29) is 30.4 Å². The number of amides is 2. The number of carbonyl (C=O) groups is 2. The van der Waals surface area contributed by atoms with Crippen molar-refractivity contribution < 1.29 is 14.7 Å². The van der Waals surface area contributed by atoms with Crippen LogP contribution in [0.15, 0.2) is 56.4 Å². The maximum absolute atomic E-state index is 11.8. The summed E-state index contributed by atoms with van der Waals surface area (Å²) in [5.74, 6) is -0.466. The Morgan fingerprint density at radius 1 is 1.04 bits per heavy atom. The molecule has 0 heterocycles. The molecule has 0 atom stereocenters. The zero-order valence-electron chi connectivity index (χ0n) is 13.2. The van der Waals surface area contributed by atoms with E-state index in [0.29, 0.717) is 17.7 Å². The van der Waals surface area contributed by atoms with E-state index < -0.39 is 0 Å². The molecule has 25 heavy (non-hydrogen) atoms. The standard InChI is InChI=1S/C18H16Br2N2O3/c19-13-1-4-15(5-2-13)22-18(25)8-7-17(24)21-10-9-12-11-14(20)3-6-16(12)23/h1-6,10-11,23H,7-9H2,(H,22,25). The van der Waals surface area contributed by atoms with Gasteiger partial charge in [0, 0.05) is 45.7 Å². The van der Waals surface area contributed by atoms with Crippen molar-refractivity contribution in [3.8, 4) is 5.75 Å². The maximum Gasteiger partial charge on any atom is 0.245 e. The Balaban J connectivity index is 1.77. The Bertz CT molecular complexity index is 789. The fraction of sp³-hybridized carbons (Fsp3) is 0.167. The molecule has 0 aliphatic carbocycles. The van der Waals surface area contributed by atoms with Crippen molar-refractivity contribution in [1.29, 1.82) is 0 Å². The van der Waals surface area contributed by atoms with Gasteiger partial charge in [-0.1, -0.05) is 31.9 Å². The number of phenols is 1. The van der Waals surface area contributed by atoms with Crippen LogP contribution < -0.4 is 5.32 Å². The molecule has 0 saturated heterocycles. The van der Waals surface area contributed by atoms with Gasteiger partial charge >= 0.3 is 0 Å². The molecule has 0 bridgehead atoms. The summed E-state index contributed by atoms with van der Waals surface area (Å²) in [5, 5.41) is 12.4. The average Bonchev–Trinajstić information content (AvgIpc) is 2.58. The minimum Gasteiger partial charge on any atom is -0.508 e. The topological polar surface area (TPSA) is 78.8 Å². The highest BCUT2D eigenvalue weighted by Gasteiger charge is 2.06. The van der Waals surface area contributed by atoms with Crippen LogP contribution >= 0.6 is 31.9 Å².